The van der Waals surface area contributed by atoms with Gasteiger partial charge in [0.25, 0.3) is 7.37 Å². The predicted octanol–water partition coefficient (Wildman–Crippen LogP) is 3.78. The van der Waals surface area contributed by atoms with Gasteiger partial charge < -0.3 is 9.42 Å². The first-order valence-corrected chi connectivity index (χ1v) is 8.49. The first kappa shape index (κ1) is 13.4. The number of benzene rings is 2. The second-order valence-corrected chi connectivity index (χ2v) is 7.32. The van der Waals surface area contributed by atoms with Crippen molar-refractivity contribution in [3.05, 3.63) is 60.2 Å². The second kappa shape index (κ2) is 5.08. The minimum absolute atomic E-state index is 0.235. The molecule has 0 spiro atoms. The molecule has 0 saturated carbocycles. The monoisotopic (exact) mass is 287 g/mol. The molecular formula is C16H18NO2P. The summed E-state index contributed by atoms with van der Waals surface area (Å²) < 4.78 is 19.3. The van der Waals surface area contributed by atoms with Crippen LogP contribution in [0, 0.1) is 0 Å². The molecular weight excluding hydrogens is 269 g/mol. The highest BCUT2D eigenvalue weighted by atomic mass is 31.2. The van der Waals surface area contributed by atoms with Crippen LogP contribution in [0.25, 0.3) is 0 Å². The zero-order valence-electron chi connectivity index (χ0n) is 11.7. The van der Waals surface area contributed by atoms with Gasteiger partial charge in [0.15, 0.2) is 0 Å². The standard InChI is InChI=1S/C16H18NO2P/c1-3-19-20(18)15-12-8-7-11-14(15)17(2)16(20)13-9-5-4-6-10-13/h4-12,16H,3H2,1-2H3. The maximum atomic E-state index is 13.5. The van der Waals surface area contributed by atoms with Gasteiger partial charge in [-0.25, -0.2) is 0 Å². The topological polar surface area (TPSA) is 29.5 Å². The largest absolute Gasteiger partial charge is 0.358 e. The van der Waals surface area contributed by atoms with Crippen LogP contribution in [0.3, 0.4) is 0 Å². The third-order valence-electron chi connectivity index (χ3n) is 3.70. The highest BCUT2D eigenvalue weighted by Gasteiger charge is 2.47. The molecule has 0 radical (unpaired) electrons. The van der Waals surface area contributed by atoms with E-state index in [0.717, 1.165) is 16.6 Å². The molecule has 2 atom stereocenters. The van der Waals surface area contributed by atoms with Gasteiger partial charge >= 0.3 is 0 Å². The summed E-state index contributed by atoms with van der Waals surface area (Å²) in [4.78, 5) is 2.07. The molecule has 0 N–H and O–H groups in total. The van der Waals surface area contributed by atoms with Gasteiger partial charge in [-0.05, 0) is 24.6 Å². The summed E-state index contributed by atoms with van der Waals surface area (Å²) in [7, 11) is -0.941. The van der Waals surface area contributed by atoms with Gasteiger partial charge in [-0.3, -0.25) is 4.57 Å². The Morgan fingerprint density at radius 3 is 2.45 bits per heavy atom. The molecule has 3 rings (SSSR count). The summed E-state index contributed by atoms with van der Waals surface area (Å²) in [5, 5.41) is 0.832. The van der Waals surface area contributed by atoms with Gasteiger partial charge in [-0.2, -0.15) is 0 Å². The lowest BCUT2D eigenvalue weighted by Gasteiger charge is -2.26. The Kier molecular flexibility index (Phi) is 3.41. The molecule has 0 saturated heterocycles. The Morgan fingerprint density at radius 2 is 1.75 bits per heavy atom. The summed E-state index contributed by atoms with van der Waals surface area (Å²) in [5.74, 6) is -0.235. The smallest absolute Gasteiger partial charge is 0.260 e. The lowest BCUT2D eigenvalue weighted by Crippen LogP contribution is -2.19. The molecule has 20 heavy (non-hydrogen) atoms. The minimum Gasteiger partial charge on any atom is -0.358 e. The van der Waals surface area contributed by atoms with Gasteiger partial charge in [-0.15, -0.1) is 0 Å². The maximum Gasteiger partial charge on any atom is 0.260 e. The number of nitrogens with zero attached hydrogens (tertiary/aromatic N) is 1. The van der Waals surface area contributed by atoms with Gasteiger partial charge in [0.2, 0.25) is 0 Å². The van der Waals surface area contributed by atoms with Crippen molar-refractivity contribution in [1.29, 1.82) is 0 Å². The number of fused-ring (bicyclic) bond motifs is 1. The van der Waals surface area contributed by atoms with Crippen LogP contribution < -0.4 is 10.2 Å². The summed E-state index contributed by atoms with van der Waals surface area (Å²) in [6.45, 7) is 2.34. The van der Waals surface area contributed by atoms with Crippen LogP contribution in [0.1, 0.15) is 18.3 Å². The third-order valence-corrected chi connectivity index (χ3v) is 6.68. The van der Waals surface area contributed by atoms with Crippen molar-refractivity contribution in [2.75, 3.05) is 18.6 Å². The maximum absolute atomic E-state index is 13.5. The van der Waals surface area contributed by atoms with Gasteiger partial charge in [0.05, 0.1) is 17.6 Å². The molecule has 4 heteroatoms. The van der Waals surface area contributed by atoms with Crippen molar-refractivity contribution >= 4 is 18.4 Å². The van der Waals surface area contributed by atoms with E-state index in [4.69, 9.17) is 4.52 Å². The number of rotatable bonds is 3. The second-order valence-electron chi connectivity index (χ2n) is 4.90. The normalized spacial score (nSPS) is 24.7. The highest BCUT2D eigenvalue weighted by Crippen LogP contribution is 2.66. The first-order valence-electron chi connectivity index (χ1n) is 6.80. The van der Waals surface area contributed by atoms with Crippen LogP contribution in [0.5, 0.6) is 0 Å². The van der Waals surface area contributed by atoms with E-state index in [1.807, 2.05) is 68.6 Å². The highest BCUT2D eigenvalue weighted by molar-refractivity contribution is 7.68. The van der Waals surface area contributed by atoms with Crippen LogP contribution in [0.4, 0.5) is 5.69 Å². The molecule has 0 amide bonds. The average molecular weight is 287 g/mol. The molecule has 2 aromatic carbocycles. The zero-order chi connectivity index (χ0) is 14.2. The number of anilines is 1. The Morgan fingerprint density at radius 1 is 1.10 bits per heavy atom. The molecule has 0 fully saturated rings. The molecule has 0 aliphatic carbocycles. The molecule has 1 heterocycles. The van der Waals surface area contributed by atoms with Gasteiger partial charge in [0.1, 0.15) is 5.78 Å². The number of hydrogen-bond donors (Lipinski definition) is 0. The van der Waals surface area contributed by atoms with E-state index in [2.05, 4.69) is 4.90 Å². The van der Waals surface area contributed by atoms with Gasteiger partial charge in [-0.1, -0.05) is 42.5 Å². The number of para-hydroxylation sites is 1. The van der Waals surface area contributed by atoms with E-state index >= 15 is 0 Å². The summed E-state index contributed by atoms with van der Waals surface area (Å²) >= 11 is 0. The molecule has 0 bridgehead atoms. The predicted molar refractivity (Wildman–Crippen MR) is 82.9 cm³/mol. The van der Waals surface area contributed by atoms with Crippen molar-refractivity contribution in [3.8, 4) is 0 Å². The zero-order valence-corrected chi connectivity index (χ0v) is 12.6. The Bertz CT molecular complexity index is 657. The quantitative estimate of drug-likeness (QED) is 0.805. The van der Waals surface area contributed by atoms with E-state index in [1.165, 1.54) is 0 Å². The van der Waals surface area contributed by atoms with Crippen LogP contribution in [0.2, 0.25) is 0 Å². The molecule has 1 aliphatic heterocycles. The SMILES string of the molecule is CCOP1(=O)c2ccccc2N(C)C1c1ccccc1. The Balaban J connectivity index is 2.18. The molecule has 2 aromatic rings. The van der Waals surface area contributed by atoms with Crippen molar-refractivity contribution in [2.45, 2.75) is 12.7 Å². The van der Waals surface area contributed by atoms with Crippen LogP contribution in [-0.4, -0.2) is 13.7 Å². The fourth-order valence-electron chi connectivity index (χ4n) is 2.89. The first-order chi connectivity index (χ1) is 9.68. The molecule has 1 aliphatic rings. The molecule has 3 nitrogen and oxygen atoms in total. The molecule has 104 valence electrons. The van der Waals surface area contributed by atoms with Gasteiger partial charge in [0, 0.05) is 7.05 Å². The van der Waals surface area contributed by atoms with Crippen molar-refractivity contribution < 1.29 is 9.09 Å². The fraction of sp³-hybridized carbons (Fsp3) is 0.250. The Labute approximate surface area is 119 Å². The van der Waals surface area contributed by atoms with E-state index < -0.39 is 7.37 Å². The molecule has 0 aromatic heterocycles. The van der Waals surface area contributed by atoms with Crippen LogP contribution in [0.15, 0.2) is 54.6 Å². The minimum atomic E-state index is -2.92. The average Bonchev–Trinajstić information content (AvgIpc) is 2.69. The van der Waals surface area contributed by atoms with Crippen molar-refractivity contribution in [3.63, 3.8) is 0 Å². The summed E-state index contributed by atoms with van der Waals surface area (Å²) in [6.07, 6.45) is 0. The summed E-state index contributed by atoms with van der Waals surface area (Å²) in [6, 6.07) is 17.8. The van der Waals surface area contributed by atoms with Crippen molar-refractivity contribution in [2.24, 2.45) is 0 Å². The van der Waals surface area contributed by atoms with E-state index in [1.54, 1.807) is 0 Å². The fourth-order valence-corrected chi connectivity index (χ4v) is 5.81. The number of hydrogen-bond acceptors (Lipinski definition) is 3. The van der Waals surface area contributed by atoms with Crippen LogP contribution >= 0.6 is 7.37 Å². The van der Waals surface area contributed by atoms with Crippen LogP contribution in [-0.2, 0) is 9.09 Å². The van der Waals surface area contributed by atoms with E-state index in [-0.39, 0.29) is 5.78 Å². The van der Waals surface area contributed by atoms with E-state index in [0.29, 0.717) is 6.61 Å². The van der Waals surface area contributed by atoms with Crippen molar-refractivity contribution in [1.82, 2.24) is 0 Å². The van der Waals surface area contributed by atoms with E-state index in [9.17, 15) is 4.57 Å². The summed E-state index contributed by atoms with van der Waals surface area (Å²) in [5.41, 5.74) is 2.03. The lowest BCUT2D eigenvalue weighted by atomic mass is 10.2. The molecule has 2 unspecified atom stereocenters. The Hall–Kier alpha value is -1.57. The third kappa shape index (κ3) is 1.90. The lowest BCUT2D eigenvalue weighted by molar-refractivity contribution is 0.335.